The maximum absolute atomic E-state index is 5.59. The van der Waals surface area contributed by atoms with E-state index in [0.717, 1.165) is 35.7 Å². The number of ether oxygens (including phenoxy) is 2. The van der Waals surface area contributed by atoms with Gasteiger partial charge in [-0.1, -0.05) is 81.5 Å². The van der Waals surface area contributed by atoms with Crippen molar-refractivity contribution in [1.82, 2.24) is 4.90 Å². The minimum Gasteiger partial charge on any atom is -0.493 e. The molecular formula is C32H37NO2. The fraction of sp³-hybridized carbons (Fsp3) is 0.375. The molecule has 35 heavy (non-hydrogen) atoms. The topological polar surface area (TPSA) is 21.7 Å². The molecule has 0 aliphatic carbocycles. The molecular weight excluding hydrogens is 430 g/mol. The number of nitrogens with zero attached hydrogens (tertiary/aromatic N) is 1. The van der Waals surface area contributed by atoms with Crippen molar-refractivity contribution >= 4 is 0 Å². The molecule has 3 aromatic carbocycles. The van der Waals surface area contributed by atoms with Crippen molar-refractivity contribution in [3.05, 3.63) is 83.4 Å². The molecule has 3 nitrogen and oxygen atoms in total. The summed E-state index contributed by atoms with van der Waals surface area (Å²) in [5, 5.41) is 0. The third kappa shape index (κ3) is 5.89. The van der Waals surface area contributed by atoms with Gasteiger partial charge in [0.15, 0.2) is 11.5 Å². The summed E-state index contributed by atoms with van der Waals surface area (Å²) >= 11 is 0. The van der Waals surface area contributed by atoms with E-state index in [4.69, 9.17) is 9.47 Å². The SMILES string of the molecule is COc1ccc(-c2ccccc2C(C#Cc2ccc(C(C)(C)C)cc2)N2CCCCC2)cc1OC. The third-order valence-corrected chi connectivity index (χ3v) is 6.81. The summed E-state index contributed by atoms with van der Waals surface area (Å²) in [6.07, 6.45) is 3.73. The number of hydrogen-bond donors (Lipinski definition) is 0. The molecule has 1 atom stereocenters. The lowest BCUT2D eigenvalue weighted by Gasteiger charge is -2.33. The Kier molecular flexibility index (Phi) is 7.83. The Labute approximate surface area is 211 Å². The third-order valence-electron chi connectivity index (χ3n) is 6.81. The first kappa shape index (κ1) is 24.9. The highest BCUT2D eigenvalue weighted by molar-refractivity contribution is 5.71. The van der Waals surface area contributed by atoms with Gasteiger partial charge in [-0.05, 0) is 77.9 Å². The van der Waals surface area contributed by atoms with E-state index >= 15 is 0 Å². The molecule has 0 amide bonds. The van der Waals surface area contributed by atoms with E-state index in [1.165, 1.54) is 36.0 Å². The zero-order valence-electron chi connectivity index (χ0n) is 21.7. The van der Waals surface area contributed by atoms with Crippen LogP contribution in [-0.4, -0.2) is 32.2 Å². The Hall–Kier alpha value is -3.22. The predicted molar refractivity (Wildman–Crippen MR) is 145 cm³/mol. The van der Waals surface area contributed by atoms with Crippen molar-refractivity contribution in [3.63, 3.8) is 0 Å². The molecule has 3 heteroatoms. The lowest BCUT2D eigenvalue weighted by Crippen LogP contribution is -2.33. The summed E-state index contributed by atoms with van der Waals surface area (Å²) in [7, 11) is 3.35. The standard InChI is InChI=1S/C32H37NO2/c1-32(2,3)26-17-13-24(14-18-26)15-19-29(33-21-9-6-10-22-33)28-12-8-7-11-27(28)25-16-20-30(34-4)31(23-25)35-5/h7-8,11-14,16-18,20,23,29H,6,9-10,21-22H2,1-5H3. The molecule has 0 saturated carbocycles. The van der Waals surface area contributed by atoms with E-state index in [9.17, 15) is 0 Å². The first-order valence-electron chi connectivity index (χ1n) is 12.6. The molecule has 1 saturated heterocycles. The van der Waals surface area contributed by atoms with E-state index < -0.39 is 0 Å². The minimum atomic E-state index is 0.0295. The molecule has 1 unspecified atom stereocenters. The van der Waals surface area contributed by atoms with Crippen LogP contribution in [0.4, 0.5) is 0 Å². The number of rotatable bonds is 5. The van der Waals surface area contributed by atoms with Gasteiger partial charge in [0.2, 0.25) is 0 Å². The van der Waals surface area contributed by atoms with Gasteiger partial charge in [-0.25, -0.2) is 0 Å². The molecule has 3 aromatic rings. The van der Waals surface area contributed by atoms with Gasteiger partial charge in [-0.2, -0.15) is 0 Å². The average molecular weight is 468 g/mol. The fourth-order valence-electron chi connectivity index (χ4n) is 4.75. The van der Waals surface area contributed by atoms with Crippen molar-refractivity contribution in [2.45, 2.75) is 51.5 Å². The molecule has 0 spiro atoms. The molecule has 1 heterocycles. The van der Waals surface area contributed by atoms with Crippen molar-refractivity contribution in [3.8, 4) is 34.5 Å². The van der Waals surface area contributed by atoms with E-state index in [2.05, 4.69) is 98.2 Å². The van der Waals surface area contributed by atoms with Crippen molar-refractivity contribution < 1.29 is 9.47 Å². The number of piperidine rings is 1. The molecule has 0 bridgehead atoms. The van der Waals surface area contributed by atoms with Crippen molar-refractivity contribution in [2.24, 2.45) is 0 Å². The second-order valence-electron chi connectivity index (χ2n) is 10.3. The average Bonchev–Trinajstić information content (AvgIpc) is 2.89. The highest BCUT2D eigenvalue weighted by Gasteiger charge is 2.23. The summed E-state index contributed by atoms with van der Waals surface area (Å²) < 4.78 is 11.1. The Bertz CT molecular complexity index is 1190. The minimum absolute atomic E-state index is 0.0295. The molecule has 1 aliphatic rings. The lowest BCUT2D eigenvalue weighted by atomic mass is 9.87. The summed E-state index contributed by atoms with van der Waals surface area (Å²) in [6.45, 7) is 8.87. The predicted octanol–water partition coefficient (Wildman–Crippen LogP) is 7.25. The normalized spacial score (nSPS) is 15.1. The van der Waals surface area contributed by atoms with Crippen LogP contribution in [0.15, 0.2) is 66.7 Å². The van der Waals surface area contributed by atoms with Crippen LogP contribution in [0.5, 0.6) is 11.5 Å². The van der Waals surface area contributed by atoms with Crippen LogP contribution in [0.3, 0.4) is 0 Å². The summed E-state index contributed by atoms with van der Waals surface area (Å²) in [5.74, 6) is 8.64. The van der Waals surface area contributed by atoms with Crippen LogP contribution in [-0.2, 0) is 5.41 Å². The maximum Gasteiger partial charge on any atom is 0.161 e. The Morgan fingerprint density at radius 3 is 2.14 bits per heavy atom. The van der Waals surface area contributed by atoms with E-state index in [0.29, 0.717) is 0 Å². The number of likely N-dealkylation sites (tertiary alicyclic amines) is 1. The molecule has 1 fully saturated rings. The van der Waals surface area contributed by atoms with Crippen LogP contribution in [0.25, 0.3) is 11.1 Å². The second-order valence-corrected chi connectivity index (χ2v) is 10.3. The van der Waals surface area contributed by atoms with E-state index in [1.807, 2.05) is 6.07 Å². The fourth-order valence-corrected chi connectivity index (χ4v) is 4.75. The lowest BCUT2D eigenvalue weighted by molar-refractivity contribution is 0.198. The second kappa shape index (κ2) is 11.0. The monoisotopic (exact) mass is 467 g/mol. The first-order valence-corrected chi connectivity index (χ1v) is 12.6. The molecule has 0 N–H and O–H groups in total. The molecule has 1 aliphatic heterocycles. The zero-order chi connectivity index (χ0) is 24.8. The van der Waals surface area contributed by atoms with Crippen molar-refractivity contribution in [1.29, 1.82) is 0 Å². The smallest absolute Gasteiger partial charge is 0.161 e. The number of hydrogen-bond acceptors (Lipinski definition) is 3. The van der Waals surface area contributed by atoms with Gasteiger partial charge in [0, 0.05) is 5.56 Å². The van der Waals surface area contributed by atoms with Gasteiger partial charge in [-0.15, -0.1) is 0 Å². The largest absolute Gasteiger partial charge is 0.493 e. The number of methoxy groups -OCH3 is 2. The Morgan fingerprint density at radius 1 is 0.800 bits per heavy atom. The van der Waals surface area contributed by atoms with Crippen LogP contribution >= 0.6 is 0 Å². The van der Waals surface area contributed by atoms with Crippen LogP contribution in [0, 0.1) is 11.8 Å². The molecule has 4 rings (SSSR count). The quantitative estimate of drug-likeness (QED) is 0.369. The van der Waals surface area contributed by atoms with Gasteiger partial charge < -0.3 is 9.47 Å². The molecule has 0 aromatic heterocycles. The van der Waals surface area contributed by atoms with Crippen LogP contribution < -0.4 is 9.47 Å². The summed E-state index contributed by atoms with van der Waals surface area (Å²) in [5.41, 5.74) is 6.05. The van der Waals surface area contributed by atoms with Gasteiger partial charge >= 0.3 is 0 Å². The van der Waals surface area contributed by atoms with Gasteiger partial charge in [0.05, 0.1) is 20.3 Å². The highest BCUT2D eigenvalue weighted by atomic mass is 16.5. The summed E-state index contributed by atoms with van der Waals surface area (Å²) in [4.78, 5) is 2.54. The van der Waals surface area contributed by atoms with Gasteiger partial charge in [0.1, 0.15) is 0 Å². The molecule has 0 radical (unpaired) electrons. The first-order chi connectivity index (χ1) is 16.9. The summed E-state index contributed by atoms with van der Waals surface area (Å²) in [6, 6.07) is 23.5. The van der Waals surface area contributed by atoms with Gasteiger partial charge in [0.25, 0.3) is 0 Å². The van der Waals surface area contributed by atoms with Crippen LogP contribution in [0.1, 0.15) is 62.8 Å². The number of benzene rings is 3. The highest BCUT2D eigenvalue weighted by Crippen LogP contribution is 2.37. The zero-order valence-corrected chi connectivity index (χ0v) is 21.7. The Morgan fingerprint density at radius 2 is 1.49 bits per heavy atom. The molecule has 182 valence electrons. The van der Waals surface area contributed by atoms with E-state index in [-0.39, 0.29) is 11.5 Å². The van der Waals surface area contributed by atoms with E-state index in [1.54, 1.807) is 14.2 Å². The van der Waals surface area contributed by atoms with Crippen molar-refractivity contribution in [2.75, 3.05) is 27.3 Å². The van der Waals surface area contributed by atoms with Gasteiger partial charge in [-0.3, -0.25) is 4.90 Å². The van der Waals surface area contributed by atoms with Crippen LogP contribution in [0.2, 0.25) is 0 Å². The maximum atomic E-state index is 5.59. The Balaban J connectivity index is 1.75.